The van der Waals surface area contributed by atoms with E-state index in [2.05, 4.69) is 10.1 Å². The zero-order valence-electron chi connectivity index (χ0n) is 8.82. The fourth-order valence-electron chi connectivity index (χ4n) is 0.871. The first-order valence-electron chi connectivity index (χ1n) is 4.70. The number of hydrogen-bond donors (Lipinski definition) is 1. The van der Waals surface area contributed by atoms with Crippen molar-refractivity contribution in [2.24, 2.45) is 5.92 Å². The second-order valence-corrected chi connectivity index (χ2v) is 3.79. The first-order valence-corrected chi connectivity index (χ1v) is 4.70. The highest BCUT2D eigenvalue weighted by atomic mass is 19.4. The molecule has 0 aromatic rings. The van der Waals surface area contributed by atoms with E-state index in [0.717, 1.165) is 6.54 Å². The summed E-state index contributed by atoms with van der Waals surface area (Å²) in [5.74, 6) is 0.491. The molecule has 0 saturated heterocycles. The van der Waals surface area contributed by atoms with Crippen molar-refractivity contribution in [2.75, 3.05) is 19.7 Å². The lowest BCUT2D eigenvalue weighted by atomic mass is 10.2. The van der Waals surface area contributed by atoms with Crippen LogP contribution in [0.1, 0.15) is 20.8 Å². The lowest BCUT2D eigenvalue weighted by Gasteiger charge is -2.16. The van der Waals surface area contributed by atoms with E-state index in [9.17, 15) is 13.2 Å². The molecule has 5 heteroatoms. The third-order valence-electron chi connectivity index (χ3n) is 1.52. The molecule has 1 unspecified atom stereocenters. The Hall–Kier alpha value is -0.290. The van der Waals surface area contributed by atoms with Crippen LogP contribution in [0.3, 0.4) is 0 Å². The monoisotopic (exact) mass is 213 g/mol. The summed E-state index contributed by atoms with van der Waals surface area (Å²) in [6.07, 6.45) is -4.64. The Morgan fingerprint density at radius 2 is 1.71 bits per heavy atom. The Labute approximate surface area is 82.8 Å². The third kappa shape index (κ3) is 9.80. The van der Waals surface area contributed by atoms with Crippen LogP contribution in [0.25, 0.3) is 0 Å². The van der Waals surface area contributed by atoms with Gasteiger partial charge in [0.1, 0.15) is 6.61 Å². The van der Waals surface area contributed by atoms with Crippen LogP contribution in [0.5, 0.6) is 0 Å². The van der Waals surface area contributed by atoms with Crippen LogP contribution in [0.15, 0.2) is 0 Å². The molecule has 0 aliphatic carbocycles. The Kier molecular flexibility index (Phi) is 6.11. The van der Waals surface area contributed by atoms with Crippen molar-refractivity contribution in [1.82, 2.24) is 5.32 Å². The van der Waals surface area contributed by atoms with E-state index in [4.69, 9.17) is 0 Å². The fourth-order valence-corrected chi connectivity index (χ4v) is 0.871. The molecule has 0 saturated carbocycles. The van der Waals surface area contributed by atoms with E-state index < -0.39 is 18.9 Å². The maximum absolute atomic E-state index is 11.7. The number of hydrogen-bond acceptors (Lipinski definition) is 2. The van der Waals surface area contributed by atoms with Gasteiger partial charge in [0.2, 0.25) is 0 Å². The number of nitrogens with one attached hydrogen (secondary N) is 1. The average molecular weight is 213 g/mol. The molecule has 0 aromatic carbocycles. The molecule has 1 N–H and O–H groups in total. The first kappa shape index (κ1) is 13.7. The zero-order valence-corrected chi connectivity index (χ0v) is 8.82. The standard InChI is InChI=1S/C9H18F3NO/c1-7(2)4-13-5-8(3)14-6-9(10,11)12/h7-8,13H,4-6H2,1-3H3. The van der Waals surface area contributed by atoms with Gasteiger partial charge in [-0.15, -0.1) is 0 Å². The molecule has 0 bridgehead atoms. The topological polar surface area (TPSA) is 21.3 Å². The number of halogens is 3. The molecule has 0 rings (SSSR count). The summed E-state index contributed by atoms with van der Waals surface area (Å²) < 4.78 is 39.8. The van der Waals surface area contributed by atoms with Gasteiger partial charge in [-0.05, 0) is 19.4 Å². The molecular formula is C9H18F3NO. The third-order valence-corrected chi connectivity index (χ3v) is 1.52. The van der Waals surface area contributed by atoms with E-state index in [1.165, 1.54) is 0 Å². The first-order chi connectivity index (χ1) is 6.31. The highest BCUT2D eigenvalue weighted by molar-refractivity contribution is 4.58. The summed E-state index contributed by atoms with van der Waals surface area (Å²) in [7, 11) is 0. The van der Waals surface area contributed by atoms with Gasteiger partial charge in [-0.2, -0.15) is 13.2 Å². The summed E-state index contributed by atoms with van der Waals surface area (Å²) in [6, 6.07) is 0. The van der Waals surface area contributed by atoms with Crippen molar-refractivity contribution >= 4 is 0 Å². The zero-order chi connectivity index (χ0) is 11.2. The molecule has 0 aliphatic rings. The van der Waals surface area contributed by atoms with Crippen LogP contribution in [-0.4, -0.2) is 32.0 Å². The summed E-state index contributed by atoms with van der Waals surface area (Å²) in [4.78, 5) is 0. The molecule has 14 heavy (non-hydrogen) atoms. The van der Waals surface area contributed by atoms with Gasteiger partial charge in [-0.3, -0.25) is 0 Å². The number of ether oxygens (including phenoxy) is 1. The largest absolute Gasteiger partial charge is 0.411 e. The molecule has 1 atom stereocenters. The van der Waals surface area contributed by atoms with Crippen molar-refractivity contribution in [2.45, 2.75) is 33.1 Å². The maximum atomic E-state index is 11.7. The summed E-state index contributed by atoms with van der Waals surface area (Å²) in [5, 5.41) is 3.03. The predicted octanol–water partition coefficient (Wildman–Crippen LogP) is 2.20. The van der Waals surface area contributed by atoms with Gasteiger partial charge >= 0.3 is 6.18 Å². The van der Waals surface area contributed by atoms with Gasteiger partial charge in [0, 0.05) is 6.54 Å². The van der Waals surface area contributed by atoms with Crippen LogP contribution >= 0.6 is 0 Å². The fraction of sp³-hybridized carbons (Fsp3) is 1.00. The van der Waals surface area contributed by atoms with Crippen LogP contribution < -0.4 is 5.32 Å². The molecule has 0 heterocycles. The Morgan fingerprint density at radius 3 is 2.14 bits per heavy atom. The SMILES string of the molecule is CC(C)CNCC(C)OCC(F)(F)F. The summed E-state index contributed by atoms with van der Waals surface area (Å²) in [5.41, 5.74) is 0. The van der Waals surface area contributed by atoms with E-state index in [1.54, 1.807) is 6.92 Å². The number of rotatable bonds is 6. The lowest BCUT2D eigenvalue weighted by Crippen LogP contribution is -2.32. The molecule has 0 aliphatic heterocycles. The highest BCUT2D eigenvalue weighted by Crippen LogP contribution is 2.15. The van der Waals surface area contributed by atoms with Crippen LogP contribution in [0.2, 0.25) is 0 Å². The lowest BCUT2D eigenvalue weighted by molar-refractivity contribution is -0.183. The minimum atomic E-state index is -4.23. The van der Waals surface area contributed by atoms with Crippen molar-refractivity contribution in [1.29, 1.82) is 0 Å². The van der Waals surface area contributed by atoms with Gasteiger partial charge < -0.3 is 10.1 Å². The van der Waals surface area contributed by atoms with Crippen molar-refractivity contribution in [3.8, 4) is 0 Å². The van der Waals surface area contributed by atoms with Gasteiger partial charge in [-0.1, -0.05) is 13.8 Å². The second kappa shape index (κ2) is 6.24. The molecule has 0 spiro atoms. The quantitative estimate of drug-likeness (QED) is 0.730. The van der Waals surface area contributed by atoms with Crippen molar-refractivity contribution in [3.63, 3.8) is 0 Å². The average Bonchev–Trinajstić information content (AvgIpc) is 1.99. The van der Waals surface area contributed by atoms with Crippen LogP contribution in [0.4, 0.5) is 13.2 Å². The molecular weight excluding hydrogens is 195 g/mol. The van der Waals surface area contributed by atoms with E-state index in [1.807, 2.05) is 13.8 Å². The minimum Gasteiger partial charge on any atom is -0.368 e. The second-order valence-electron chi connectivity index (χ2n) is 3.79. The van der Waals surface area contributed by atoms with E-state index in [0.29, 0.717) is 12.5 Å². The van der Waals surface area contributed by atoms with Gasteiger partial charge in [0.05, 0.1) is 6.10 Å². The number of alkyl halides is 3. The normalized spacial score (nSPS) is 14.8. The Bertz CT molecular complexity index is 147. The molecule has 0 aromatic heterocycles. The maximum Gasteiger partial charge on any atom is 0.411 e. The van der Waals surface area contributed by atoms with Gasteiger partial charge in [-0.25, -0.2) is 0 Å². The molecule has 2 nitrogen and oxygen atoms in total. The van der Waals surface area contributed by atoms with Crippen molar-refractivity contribution < 1.29 is 17.9 Å². The van der Waals surface area contributed by atoms with Crippen molar-refractivity contribution in [3.05, 3.63) is 0 Å². The molecule has 0 fully saturated rings. The Morgan fingerprint density at radius 1 is 1.14 bits per heavy atom. The summed E-state index contributed by atoms with van der Waals surface area (Å²) in [6.45, 7) is 5.77. The smallest absolute Gasteiger partial charge is 0.368 e. The minimum absolute atomic E-state index is 0.407. The summed E-state index contributed by atoms with van der Waals surface area (Å²) >= 11 is 0. The van der Waals surface area contributed by atoms with Crippen LogP contribution in [-0.2, 0) is 4.74 Å². The van der Waals surface area contributed by atoms with Crippen LogP contribution in [0, 0.1) is 5.92 Å². The molecule has 0 radical (unpaired) electrons. The molecule has 86 valence electrons. The predicted molar refractivity (Wildman–Crippen MR) is 49.2 cm³/mol. The van der Waals surface area contributed by atoms with Gasteiger partial charge in [0.15, 0.2) is 0 Å². The van der Waals surface area contributed by atoms with Gasteiger partial charge in [0.25, 0.3) is 0 Å². The van der Waals surface area contributed by atoms with E-state index in [-0.39, 0.29) is 0 Å². The molecule has 0 amide bonds. The highest BCUT2D eigenvalue weighted by Gasteiger charge is 2.28. The van der Waals surface area contributed by atoms with E-state index >= 15 is 0 Å². The Balaban J connectivity index is 3.42.